The zero-order valence-corrected chi connectivity index (χ0v) is 22.6. The maximum absolute atomic E-state index is 10.1. The first kappa shape index (κ1) is 30.3. The van der Waals surface area contributed by atoms with Crippen molar-refractivity contribution in [2.75, 3.05) is 26.3 Å². The maximum atomic E-state index is 10.1. The molecule has 0 spiro atoms. The van der Waals surface area contributed by atoms with Crippen LogP contribution >= 0.6 is 0 Å². The van der Waals surface area contributed by atoms with Crippen LogP contribution < -0.4 is 31.2 Å². The molecular weight excluding hydrogens is 550 g/mol. The highest BCUT2D eigenvalue weighted by Gasteiger charge is 2.08. The molecule has 0 atom stereocenters. The number of aromatic hydroxyl groups is 2. The number of carboxylic acid groups (broad SMARTS) is 1. The molecule has 9 heteroatoms. The fourth-order valence-corrected chi connectivity index (χ4v) is 3.55. The number of benzene rings is 2. The van der Waals surface area contributed by atoms with Crippen molar-refractivity contribution in [3.05, 3.63) is 121 Å². The number of aromatic nitrogens is 2. The smallest absolute Gasteiger partial charge is 0.211 e. The van der Waals surface area contributed by atoms with E-state index >= 15 is 0 Å². The van der Waals surface area contributed by atoms with Crippen LogP contribution in [0.15, 0.2) is 110 Å². The number of hydrogen-bond acceptors (Lipinski definition) is 5. The van der Waals surface area contributed by atoms with Crippen molar-refractivity contribution in [1.82, 2.24) is 4.90 Å². The molecule has 0 aliphatic carbocycles. The zero-order chi connectivity index (χ0) is 26.3. The Morgan fingerprint density at radius 2 is 1.16 bits per heavy atom. The number of morpholine rings is 1. The molecule has 4 aromatic rings. The maximum Gasteiger partial charge on any atom is 0.211 e. The van der Waals surface area contributed by atoms with Crippen LogP contribution in [0.3, 0.4) is 0 Å². The van der Waals surface area contributed by atoms with Gasteiger partial charge in [-0.2, -0.15) is 9.13 Å². The molecule has 3 heterocycles. The molecule has 2 N–H and O–H groups in total. The molecule has 1 aliphatic heterocycles. The van der Waals surface area contributed by atoms with E-state index in [-0.39, 0.29) is 17.0 Å². The summed E-state index contributed by atoms with van der Waals surface area (Å²) in [6.45, 7) is 3.46. The van der Waals surface area contributed by atoms with Crippen molar-refractivity contribution in [3.8, 4) is 11.5 Å². The van der Waals surface area contributed by atoms with Crippen molar-refractivity contribution in [2.24, 2.45) is 0 Å². The minimum Gasteiger partial charge on any atom is -1.00 e. The number of nitrogens with zero attached hydrogens (tertiary/aromatic N) is 3. The number of hydrogen-bond donors (Lipinski definition) is 2. The number of amides is 1. The zero-order valence-electron chi connectivity index (χ0n) is 21.0. The summed E-state index contributed by atoms with van der Waals surface area (Å²) in [7, 11) is 0. The highest BCUT2D eigenvalue weighted by atomic mass is 79.9. The molecule has 5 rings (SSSR count). The number of pyridine rings is 2. The number of rotatable bonds is 4. The van der Waals surface area contributed by atoms with Crippen LogP contribution in [-0.4, -0.2) is 47.5 Å². The molecule has 1 fully saturated rings. The Hall–Kier alpha value is -3.95. The van der Waals surface area contributed by atoms with E-state index in [1.165, 1.54) is 16.0 Å². The van der Waals surface area contributed by atoms with Gasteiger partial charge in [-0.05, 0) is 12.1 Å². The molecule has 0 radical (unpaired) electrons. The molecule has 200 valence electrons. The molecule has 1 amide bonds. The molecule has 1 aliphatic rings. The van der Waals surface area contributed by atoms with Crippen LogP contribution in [0.1, 0.15) is 11.1 Å². The third-order valence-electron chi connectivity index (χ3n) is 5.37. The minimum atomic E-state index is -1.10. The van der Waals surface area contributed by atoms with Crippen molar-refractivity contribution < 1.29 is 51.0 Å². The predicted molar refractivity (Wildman–Crippen MR) is 135 cm³/mol. The van der Waals surface area contributed by atoms with Gasteiger partial charge in [0.05, 0.1) is 13.2 Å². The third kappa shape index (κ3) is 11.4. The van der Waals surface area contributed by atoms with E-state index in [2.05, 4.69) is 24.3 Å². The van der Waals surface area contributed by atoms with Crippen molar-refractivity contribution >= 4 is 6.09 Å². The second-order valence-corrected chi connectivity index (χ2v) is 8.31. The fraction of sp³-hybridized carbons (Fsp3) is 0.207. The largest absolute Gasteiger partial charge is 1.00 e. The van der Waals surface area contributed by atoms with Gasteiger partial charge in [-0.3, -0.25) is 0 Å². The Morgan fingerprint density at radius 1 is 0.737 bits per heavy atom. The molecule has 38 heavy (non-hydrogen) atoms. The number of halogens is 1. The van der Waals surface area contributed by atoms with Crippen LogP contribution in [0.5, 0.6) is 11.5 Å². The number of carbonyl (C=O) groups excluding carboxylic acids is 1. The lowest BCUT2D eigenvalue weighted by Crippen LogP contribution is -3.00. The van der Waals surface area contributed by atoms with Crippen LogP contribution in [0.2, 0.25) is 0 Å². The van der Waals surface area contributed by atoms with E-state index in [1.807, 2.05) is 70.1 Å². The van der Waals surface area contributed by atoms with E-state index in [4.69, 9.17) is 4.74 Å². The van der Waals surface area contributed by atoms with Gasteiger partial charge in [-0.15, -0.1) is 0 Å². The highest BCUT2D eigenvalue weighted by molar-refractivity contribution is 5.62. The minimum absolute atomic E-state index is 0. The van der Waals surface area contributed by atoms with E-state index in [0.29, 0.717) is 37.8 Å². The standard InChI is InChI=1S/2C12H11NO.C5H9NO3.BrH/c2*14-12-7-4-8-13(10-12)9-11-5-2-1-3-6-11;7-5(8)6-1-3-9-4-2-6;/h2*1-8,10H,9H2;1-4H2,(H,7,8);1H. The van der Waals surface area contributed by atoms with Gasteiger partial charge in [0.15, 0.2) is 37.0 Å². The van der Waals surface area contributed by atoms with Crippen molar-refractivity contribution in [1.29, 1.82) is 0 Å². The normalized spacial score (nSPS) is 12.1. The summed E-state index contributed by atoms with van der Waals surface area (Å²) in [6.07, 6.45) is 6.21. The summed E-state index contributed by atoms with van der Waals surface area (Å²) in [5.74, 6) is 0.590. The van der Waals surface area contributed by atoms with Crippen molar-refractivity contribution in [3.63, 3.8) is 0 Å². The Labute approximate surface area is 233 Å². The number of carbonyl (C=O) groups is 1. The lowest BCUT2D eigenvalue weighted by atomic mass is 10.2. The van der Waals surface area contributed by atoms with Gasteiger partial charge in [0.2, 0.25) is 12.4 Å². The highest BCUT2D eigenvalue weighted by Crippen LogP contribution is 2.04. The van der Waals surface area contributed by atoms with Crippen LogP contribution in [0.4, 0.5) is 4.79 Å². The average Bonchev–Trinajstić information content (AvgIpc) is 2.91. The Balaban J connectivity index is 0.000000203. The summed E-state index contributed by atoms with van der Waals surface area (Å²) in [5, 5.41) is 28.7. The summed E-state index contributed by atoms with van der Waals surface area (Å²) in [4.78, 5) is 11.4. The average molecular weight is 582 g/mol. The molecule has 2 aromatic heterocycles. The lowest BCUT2D eigenvalue weighted by Gasteiger charge is -2.28. The first-order valence-electron chi connectivity index (χ1n) is 12.0. The Kier molecular flexibility index (Phi) is 13.3. The Morgan fingerprint density at radius 3 is 1.50 bits per heavy atom. The van der Waals surface area contributed by atoms with Gasteiger partial charge in [-0.25, -0.2) is 0 Å². The summed E-state index contributed by atoms with van der Waals surface area (Å²) < 4.78 is 8.82. The van der Waals surface area contributed by atoms with Crippen LogP contribution in [0, 0.1) is 0 Å². The molecule has 1 saturated heterocycles. The van der Waals surface area contributed by atoms with Gasteiger partial charge >= 0.3 is 0 Å². The molecular formula is C29H32BrN3O5. The fourth-order valence-electron chi connectivity index (χ4n) is 3.55. The lowest BCUT2D eigenvalue weighted by molar-refractivity contribution is -0.688. The second-order valence-electron chi connectivity index (χ2n) is 8.31. The van der Waals surface area contributed by atoms with Gasteiger partial charge in [0, 0.05) is 36.3 Å². The molecule has 0 bridgehead atoms. The SMILES string of the molecule is O=C([O-])N1CCOCC1.Oc1ccc[n+](Cc2ccccc2)c1.Oc1ccc[n+](Cc2ccccc2)c1.[Br-]. The van der Waals surface area contributed by atoms with Gasteiger partial charge in [0.25, 0.3) is 0 Å². The second kappa shape index (κ2) is 16.7. The first-order valence-corrected chi connectivity index (χ1v) is 12.0. The topological polar surface area (TPSA) is 101 Å². The molecule has 0 saturated carbocycles. The summed E-state index contributed by atoms with van der Waals surface area (Å²) in [5.41, 5.74) is 2.45. The van der Waals surface area contributed by atoms with Crippen molar-refractivity contribution in [2.45, 2.75) is 13.1 Å². The van der Waals surface area contributed by atoms with Crippen LogP contribution in [0.25, 0.3) is 0 Å². The first-order chi connectivity index (χ1) is 18.0. The van der Waals surface area contributed by atoms with Gasteiger partial charge in [-0.1, -0.05) is 60.7 Å². The summed E-state index contributed by atoms with van der Waals surface area (Å²) >= 11 is 0. The summed E-state index contributed by atoms with van der Waals surface area (Å²) in [6, 6.07) is 27.3. The number of ether oxygens (including phenoxy) is 1. The molecule has 8 nitrogen and oxygen atoms in total. The van der Waals surface area contributed by atoms with Crippen LogP contribution in [-0.2, 0) is 17.8 Å². The monoisotopic (exact) mass is 581 g/mol. The van der Waals surface area contributed by atoms with E-state index < -0.39 is 6.09 Å². The van der Waals surface area contributed by atoms with E-state index in [1.54, 1.807) is 24.5 Å². The van der Waals surface area contributed by atoms with Gasteiger partial charge < -0.3 is 46.7 Å². The van der Waals surface area contributed by atoms with Gasteiger partial charge in [0.1, 0.15) is 6.09 Å². The van der Waals surface area contributed by atoms with E-state index in [0.717, 1.165) is 13.1 Å². The molecule has 2 aromatic carbocycles. The molecule has 0 unspecified atom stereocenters. The third-order valence-corrected chi connectivity index (χ3v) is 5.37. The van der Waals surface area contributed by atoms with E-state index in [9.17, 15) is 20.1 Å². The quantitative estimate of drug-likeness (QED) is 0.305. The predicted octanol–water partition coefficient (Wildman–Crippen LogP) is -0.878. The Bertz CT molecular complexity index is 1140.